The monoisotopic (exact) mass is 280 g/mol. The molecule has 3 rings (SSSR count). The van der Waals surface area contributed by atoms with Gasteiger partial charge in [-0.3, -0.25) is 11.3 Å². The van der Waals surface area contributed by atoms with Gasteiger partial charge in [-0.1, -0.05) is 54.1 Å². The average molecular weight is 280 g/mol. The van der Waals surface area contributed by atoms with Crippen LogP contribution in [0.5, 0.6) is 0 Å². The quantitative estimate of drug-likeness (QED) is 0.656. The molecule has 2 aromatic carbocycles. The first-order chi connectivity index (χ1) is 10.3. The standard InChI is InChI=1S/C19H24N2/c1-14-6-4-10-17(12-14)19(21-20)13-16-9-5-8-15-7-2-3-11-18(15)16/h2-4,6-7,10-12,16,19,21H,5,8-9,13,20H2,1H3. The molecule has 0 heterocycles. The largest absolute Gasteiger partial charge is 0.271 e. The zero-order valence-corrected chi connectivity index (χ0v) is 12.7. The van der Waals surface area contributed by atoms with Crippen LogP contribution in [0.4, 0.5) is 0 Å². The molecule has 2 nitrogen and oxygen atoms in total. The third-order valence-corrected chi connectivity index (χ3v) is 4.66. The van der Waals surface area contributed by atoms with Crippen molar-refractivity contribution >= 4 is 0 Å². The molecule has 0 saturated heterocycles. The molecule has 110 valence electrons. The van der Waals surface area contributed by atoms with Crippen molar-refractivity contribution in [3.8, 4) is 0 Å². The summed E-state index contributed by atoms with van der Waals surface area (Å²) in [5.41, 5.74) is 8.65. The van der Waals surface area contributed by atoms with Crippen molar-refractivity contribution in [1.82, 2.24) is 5.43 Å². The molecule has 0 aliphatic heterocycles. The predicted octanol–water partition coefficient (Wildman–Crippen LogP) is 4.01. The van der Waals surface area contributed by atoms with Crippen LogP contribution in [0.15, 0.2) is 48.5 Å². The molecule has 2 unspecified atom stereocenters. The summed E-state index contributed by atoms with van der Waals surface area (Å²) < 4.78 is 0. The lowest BCUT2D eigenvalue weighted by Gasteiger charge is -2.29. The molecule has 2 atom stereocenters. The fourth-order valence-electron chi connectivity index (χ4n) is 3.57. The Morgan fingerprint density at radius 2 is 2.05 bits per heavy atom. The molecule has 0 saturated carbocycles. The second-order valence-electron chi connectivity index (χ2n) is 6.16. The van der Waals surface area contributed by atoms with Gasteiger partial charge in [0.15, 0.2) is 0 Å². The van der Waals surface area contributed by atoms with Gasteiger partial charge < -0.3 is 0 Å². The lowest BCUT2D eigenvalue weighted by Crippen LogP contribution is -2.30. The zero-order chi connectivity index (χ0) is 14.7. The number of hydrogen-bond donors (Lipinski definition) is 2. The number of nitrogens with two attached hydrogens (primary N) is 1. The number of fused-ring (bicyclic) bond motifs is 1. The van der Waals surface area contributed by atoms with E-state index in [4.69, 9.17) is 5.84 Å². The van der Waals surface area contributed by atoms with Crippen LogP contribution in [-0.2, 0) is 6.42 Å². The Labute approximate surface area is 127 Å². The zero-order valence-electron chi connectivity index (χ0n) is 12.7. The first-order valence-electron chi connectivity index (χ1n) is 7.88. The molecule has 1 aliphatic carbocycles. The van der Waals surface area contributed by atoms with Crippen molar-refractivity contribution in [2.75, 3.05) is 0 Å². The molecule has 0 radical (unpaired) electrons. The third-order valence-electron chi connectivity index (χ3n) is 4.66. The van der Waals surface area contributed by atoms with E-state index in [2.05, 4.69) is 60.9 Å². The molecule has 21 heavy (non-hydrogen) atoms. The Kier molecular flexibility index (Phi) is 4.37. The highest BCUT2D eigenvalue weighted by atomic mass is 15.2. The van der Waals surface area contributed by atoms with Crippen LogP contribution in [0.3, 0.4) is 0 Å². The van der Waals surface area contributed by atoms with Crippen LogP contribution in [-0.4, -0.2) is 0 Å². The van der Waals surface area contributed by atoms with E-state index in [0.29, 0.717) is 5.92 Å². The molecular weight excluding hydrogens is 256 g/mol. The van der Waals surface area contributed by atoms with Gasteiger partial charge in [0.25, 0.3) is 0 Å². The highest BCUT2D eigenvalue weighted by molar-refractivity contribution is 5.33. The summed E-state index contributed by atoms with van der Waals surface area (Å²) in [5, 5.41) is 0. The molecule has 0 spiro atoms. The number of hydrogen-bond acceptors (Lipinski definition) is 2. The van der Waals surface area contributed by atoms with E-state index in [-0.39, 0.29) is 6.04 Å². The molecule has 3 N–H and O–H groups in total. The van der Waals surface area contributed by atoms with Crippen LogP contribution < -0.4 is 11.3 Å². The van der Waals surface area contributed by atoms with Gasteiger partial charge in [-0.2, -0.15) is 0 Å². The minimum absolute atomic E-state index is 0.223. The highest BCUT2D eigenvalue weighted by Crippen LogP contribution is 2.37. The van der Waals surface area contributed by atoms with Crippen molar-refractivity contribution < 1.29 is 0 Å². The summed E-state index contributed by atoms with van der Waals surface area (Å²) in [6.45, 7) is 2.13. The summed E-state index contributed by atoms with van der Waals surface area (Å²) in [6, 6.07) is 17.8. The van der Waals surface area contributed by atoms with Crippen LogP contribution in [0.25, 0.3) is 0 Å². The maximum atomic E-state index is 5.84. The lowest BCUT2D eigenvalue weighted by atomic mass is 9.79. The van der Waals surface area contributed by atoms with Gasteiger partial charge in [0.1, 0.15) is 0 Å². The fourth-order valence-corrected chi connectivity index (χ4v) is 3.57. The molecule has 2 aromatic rings. The minimum atomic E-state index is 0.223. The summed E-state index contributed by atoms with van der Waals surface area (Å²) in [4.78, 5) is 0. The SMILES string of the molecule is Cc1cccc(C(CC2CCCc3ccccc32)NN)c1. The van der Waals surface area contributed by atoms with Crippen LogP contribution >= 0.6 is 0 Å². The predicted molar refractivity (Wildman–Crippen MR) is 88.0 cm³/mol. The Morgan fingerprint density at radius 3 is 2.86 bits per heavy atom. The van der Waals surface area contributed by atoms with Gasteiger partial charge in [-0.05, 0) is 55.2 Å². The maximum absolute atomic E-state index is 5.84. The summed E-state index contributed by atoms with van der Waals surface area (Å²) in [6.07, 6.45) is 4.84. The van der Waals surface area contributed by atoms with E-state index < -0.39 is 0 Å². The van der Waals surface area contributed by atoms with Gasteiger partial charge in [0.2, 0.25) is 0 Å². The van der Waals surface area contributed by atoms with Crippen molar-refractivity contribution in [3.63, 3.8) is 0 Å². The molecule has 0 fully saturated rings. The van der Waals surface area contributed by atoms with Crippen molar-refractivity contribution in [2.45, 2.75) is 44.6 Å². The van der Waals surface area contributed by atoms with Crippen LogP contribution in [0.1, 0.15) is 53.5 Å². The van der Waals surface area contributed by atoms with E-state index in [9.17, 15) is 0 Å². The lowest BCUT2D eigenvalue weighted by molar-refractivity contribution is 0.425. The maximum Gasteiger partial charge on any atom is 0.0465 e. The van der Waals surface area contributed by atoms with E-state index in [1.54, 1.807) is 0 Å². The molecule has 0 amide bonds. The fraction of sp³-hybridized carbons (Fsp3) is 0.368. The second-order valence-corrected chi connectivity index (χ2v) is 6.16. The van der Waals surface area contributed by atoms with E-state index >= 15 is 0 Å². The van der Waals surface area contributed by atoms with E-state index in [0.717, 1.165) is 6.42 Å². The number of nitrogens with one attached hydrogen (secondary N) is 1. The van der Waals surface area contributed by atoms with Gasteiger partial charge in [-0.25, -0.2) is 0 Å². The molecule has 1 aliphatic rings. The van der Waals surface area contributed by atoms with E-state index in [1.807, 2.05) is 0 Å². The number of hydrazine groups is 1. The van der Waals surface area contributed by atoms with Crippen molar-refractivity contribution in [3.05, 3.63) is 70.8 Å². The average Bonchev–Trinajstić information content (AvgIpc) is 2.52. The third kappa shape index (κ3) is 3.17. The van der Waals surface area contributed by atoms with Crippen molar-refractivity contribution in [1.29, 1.82) is 0 Å². The van der Waals surface area contributed by atoms with Gasteiger partial charge >= 0.3 is 0 Å². The van der Waals surface area contributed by atoms with E-state index in [1.165, 1.54) is 41.5 Å². The summed E-state index contributed by atoms with van der Waals surface area (Å²) >= 11 is 0. The first-order valence-corrected chi connectivity index (χ1v) is 7.88. The smallest absolute Gasteiger partial charge is 0.0465 e. The number of aryl methyl sites for hydroxylation is 2. The molecular formula is C19H24N2. The first kappa shape index (κ1) is 14.3. The Bertz CT molecular complexity index is 606. The Morgan fingerprint density at radius 1 is 1.19 bits per heavy atom. The molecule has 0 aromatic heterocycles. The van der Waals surface area contributed by atoms with Gasteiger partial charge in [-0.15, -0.1) is 0 Å². The highest BCUT2D eigenvalue weighted by Gasteiger charge is 2.23. The van der Waals surface area contributed by atoms with Gasteiger partial charge in [0.05, 0.1) is 0 Å². The molecule has 0 bridgehead atoms. The number of rotatable bonds is 4. The normalized spacial score (nSPS) is 19.0. The number of benzene rings is 2. The van der Waals surface area contributed by atoms with Crippen LogP contribution in [0.2, 0.25) is 0 Å². The minimum Gasteiger partial charge on any atom is -0.271 e. The summed E-state index contributed by atoms with van der Waals surface area (Å²) in [7, 11) is 0. The summed E-state index contributed by atoms with van der Waals surface area (Å²) in [5.74, 6) is 6.45. The second kappa shape index (κ2) is 6.42. The molecule has 2 heteroatoms. The Hall–Kier alpha value is -1.64. The van der Waals surface area contributed by atoms with Crippen molar-refractivity contribution in [2.24, 2.45) is 5.84 Å². The topological polar surface area (TPSA) is 38.0 Å². The van der Waals surface area contributed by atoms with Crippen LogP contribution in [0, 0.1) is 6.92 Å². The van der Waals surface area contributed by atoms with Gasteiger partial charge in [0, 0.05) is 6.04 Å². The Balaban J connectivity index is 1.82.